The van der Waals surface area contributed by atoms with Gasteiger partial charge in [0.2, 0.25) is 5.91 Å². The van der Waals surface area contributed by atoms with Crippen LogP contribution < -0.4 is 5.32 Å². The number of hydrogen-bond acceptors (Lipinski definition) is 3. The molecule has 4 nitrogen and oxygen atoms in total. The molecular weight excluding hydrogens is 699 g/mol. The summed E-state index contributed by atoms with van der Waals surface area (Å²) in [6.45, 7) is 4.18. The monoisotopic (exact) mass is 798 g/mol. The summed E-state index contributed by atoms with van der Waals surface area (Å²) >= 11 is 0. The Labute approximate surface area is 356 Å². The second kappa shape index (κ2) is 48.7. The minimum atomic E-state index is -0.867. The average molecular weight is 798 g/mol. The Kier molecular flexibility index (Phi) is 47.3. The highest BCUT2D eigenvalue weighted by atomic mass is 16.3. The first kappa shape index (κ1) is 55.4. The van der Waals surface area contributed by atoms with E-state index in [0.717, 1.165) is 44.9 Å². The molecule has 0 saturated heterocycles. The van der Waals surface area contributed by atoms with Crippen molar-refractivity contribution >= 4 is 5.91 Å². The summed E-state index contributed by atoms with van der Waals surface area (Å²) in [6.07, 6.45) is 67.1. The van der Waals surface area contributed by atoms with E-state index < -0.39 is 12.1 Å². The highest BCUT2D eigenvalue weighted by Crippen LogP contribution is 2.16. The van der Waals surface area contributed by atoms with Crippen molar-refractivity contribution in [2.45, 2.75) is 276 Å². The van der Waals surface area contributed by atoms with Gasteiger partial charge < -0.3 is 15.5 Å². The van der Waals surface area contributed by atoms with Crippen molar-refractivity contribution < 1.29 is 15.0 Å². The summed E-state index contributed by atoms with van der Waals surface area (Å²) in [5, 5.41) is 22.9. The van der Waals surface area contributed by atoms with Crippen LogP contribution in [0.15, 0.2) is 48.6 Å². The number of aliphatic hydroxyl groups is 2. The van der Waals surface area contributed by atoms with Crippen molar-refractivity contribution in [1.29, 1.82) is 0 Å². The minimum absolute atomic E-state index is 0.0785. The lowest BCUT2D eigenvalue weighted by atomic mass is 10.0. The van der Waals surface area contributed by atoms with Gasteiger partial charge in [0.05, 0.1) is 18.8 Å². The molecule has 0 saturated carbocycles. The van der Waals surface area contributed by atoms with Crippen LogP contribution in [0.4, 0.5) is 0 Å². The number of nitrogens with one attached hydrogen (secondary N) is 1. The zero-order chi connectivity index (χ0) is 41.4. The molecule has 0 fully saturated rings. The Morgan fingerprint density at radius 1 is 0.421 bits per heavy atom. The molecule has 0 aliphatic carbocycles. The summed E-state index contributed by atoms with van der Waals surface area (Å²) < 4.78 is 0. The number of unbranched alkanes of at least 4 members (excludes halogenated alkanes) is 33. The normalized spacial score (nSPS) is 13.3. The highest BCUT2D eigenvalue weighted by molar-refractivity contribution is 5.76. The molecule has 0 aromatic rings. The molecule has 2 atom stereocenters. The molecule has 3 N–H and O–H groups in total. The van der Waals surface area contributed by atoms with Gasteiger partial charge in [0, 0.05) is 6.42 Å². The maximum Gasteiger partial charge on any atom is 0.220 e. The summed E-state index contributed by atoms with van der Waals surface area (Å²) in [5.74, 6) is -0.0785. The third-order valence-electron chi connectivity index (χ3n) is 11.5. The van der Waals surface area contributed by atoms with E-state index in [1.54, 1.807) is 6.08 Å². The van der Waals surface area contributed by atoms with E-state index in [1.807, 2.05) is 6.08 Å². The lowest BCUT2D eigenvalue weighted by Crippen LogP contribution is -2.45. The predicted octanol–water partition coefficient (Wildman–Crippen LogP) is 16.3. The summed E-state index contributed by atoms with van der Waals surface area (Å²) in [7, 11) is 0. The molecule has 0 radical (unpaired) electrons. The molecule has 0 rings (SSSR count). The number of amides is 1. The first-order valence-corrected chi connectivity index (χ1v) is 25.4. The smallest absolute Gasteiger partial charge is 0.220 e. The first-order chi connectivity index (χ1) is 28.2. The van der Waals surface area contributed by atoms with Crippen LogP contribution in [-0.2, 0) is 4.79 Å². The maximum absolute atomic E-state index is 12.4. The number of rotatable bonds is 46. The fourth-order valence-corrected chi connectivity index (χ4v) is 7.68. The second-order valence-corrected chi connectivity index (χ2v) is 17.2. The Morgan fingerprint density at radius 2 is 0.737 bits per heavy atom. The Morgan fingerprint density at radius 3 is 1.11 bits per heavy atom. The largest absolute Gasteiger partial charge is 0.394 e. The van der Waals surface area contributed by atoms with Crippen LogP contribution in [0.1, 0.15) is 264 Å². The van der Waals surface area contributed by atoms with Crippen molar-refractivity contribution in [2.24, 2.45) is 0 Å². The van der Waals surface area contributed by atoms with Crippen molar-refractivity contribution in [1.82, 2.24) is 5.32 Å². The molecule has 57 heavy (non-hydrogen) atoms. The van der Waals surface area contributed by atoms with Crippen LogP contribution in [0.5, 0.6) is 0 Å². The van der Waals surface area contributed by atoms with E-state index >= 15 is 0 Å². The third kappa shape index (κ3) is 45.3. The zero-order valence-corrected chi connectivity index (χ0v) is 38.4. The molecular formula is C53H99NO3. The highest BCUT2D eigenvalue weighted by Gasteiger charge is 2.17. The molecule has 334 valence electrons. The first-order valence-electron chi connectivity index (χ1n) is 25.4. The van der Waals surface area contributed by atoms with Gasteiger partial charge in [-0.3, -0.25) is 4.79 Å². The lowest BCUT2D eigenvalue weighted by Gasteiger charge is -2.19. The molecule has 0 bridgehead atoms. The van der Waals surface area contributed by atoms with Gasteiger partial charge in [0.25, 0.3) is 0 Å². The number of allylic oxidation sites excluding steroid dienone is 7. The van der Waals surface area contributed by atoms with Crippen LogP contribution in [-0.4, -0.2) is 34.9 Å². The topological polar surface area (TPSA) is 69.6 Å². The summed E-state index contributed by atoms with van der Waals surface area (Å²) in [6, 6.07) is -0.643. The van der Waals surface area contributed by atoms with Crippen LogP contribution >= 0.6 is 0 Å². The number of carbonyl (C=O) groups excluding carboxylic acids is 1. The van der Waals surface area contributed by atoms with Crippen molar-refractivity contribution in [3.8, 4) is 0 Å². The van der Waals surface area contributed by atoms with Crippen molar-refractivity contribution in [2.75, 3.05) is 6.61 Å². The number of carbonyl (C=O) groups is 1. The van der Waals surface area contributed by atoms with Gasteiger partial charge in [-0.15, -0.1) is 0 Å². The van der Waals surface area contributed by atoms with E-state index in [2.05, 4.69) is 55.6 Å². The summed E-state index contributed by atoms with van der Waals surface area (Å²) in [4.78, 5) is 12.4. The van der Waals surface area contributed by atoms with Gasteiger partial charge in [-0.05, 0) is 64.2 Å². The maximum atomic E-state index is 12.4. The van der Waals surface area contributed by atoms with Gasteiger partial charge in [0.15, 0.2) is 0 Å². The van der Waals surface area contributed by atoms with Gasteiger partial charge in [0.1, 0.15) is 0 Å². The van der Waals surface area contributed by atoms with Crippen LogP contribution in [0, 0.1) is 0 Å². The SMILES string of the molecule is CC/C=C/CC/C=C/CC/C=C/C(O)C(CO)NC(=O)CCCCCCCCCCCCCCCCCCC/C=C\CCCCCCCCCCCCCCCC. The zero-order valence-electron chi connectivity index (χ0n) is 38.4. The van der Waals surface area contributed by atoms with E-state index in [-0.39, 0.29) is 12.5 Å². The molecule has 2 unspecified atom stereocenters. The molecule has 0 aromatic heterocycles. The van der Waals surface area contributed by atoms with E-state index in [1.165, 1.54) is 199 Å². The van der Waals surface area contributed by atoms with Gasteiger partial charge in [-0.2, -0.15) is 0 Å². The van der Waals surface area contributed by atoms with Crippen molar-refractivity contribution in [3.63, 3.8) is 0 Å². The van der Waals surface area contributed by atoms with Crippen LogP contribution in [0.2, 0.25) is 0 Å². The fraction of sp³-hybridized carbons (Fsp3) is 0.830. The van der Waals surface area contributed by atoms with E-state index in [0.29, 0.717) is 6.42 Å². The Hall–Kier alpha value is -1.65. The molecule has 0 spiro atoms. The second-order valence-electron chi connectivity index (χ2n) is 17.2. The van der Waals surface area contributed by atoms with Crippen molar-refractivity contribution in [3.05, 3.63) is 48.6 Å². The fourth-order valence-electron chi connectivity index (χ4n) is 7.68. The predicted molar refractivity (Wildman–Crippen MR) is 253 cm³/mol. The van der Waals surface area contributed by atoms with E-state index in [4.69, 9.17) is 0 Å². The van der Waals surface area contributed by atoms with E-state index in [9.17, 15) is 15.0 Å². The molecule has 1 amide bonds. The molecule has 0 heterocycles. The Bertz CT molecular complexity index is 908. The van der Waals surface area contributed by atoms with Crippen LogP contribution in [0.3, 0.4) is 0 Å². The van der Waals surface area contributed by atoms with Crippen LogP contribution in [0.25, 0.3) is 0 Å². The quantitative estimate of drug-likeness (QED) is 0.0424. The van der Waals surface area contributed by atoms with Gasteiger partial charge in [-0.1, -0.05) is 242 Å². The van der Waals surface area contributed by atoms with Gasteiger partial charge >= 0.3 is 0 Å². The minimum Gasteiger partial charge on any atom is -0.394 e. The average Bonchev–Trinajstić information content (AvgIpc) is 3.22. The Balaban J connectivity index is 3.40. The number of hydrogen-bond donors (Lipinski definition) is 3. The number of aliphatic hydroxyl groups excluding tert-OH is 2. The molecule has 0 aliphatic heterocycles. The van der Waals surface area contributed by atoms with Gasteiger partial charge in [-0.25, -0.2) is 0 Å². The summed E-state index contributed by atoms with van der Waals surface area (Å²) in [5.41, 5.74) is 0. The molecule has 0 aromatic carbocycles. The standard InChI is InChI=1S/C53H99NO3/c1-3-5-7-9-11-13-15-16-17-18-19-20-21-22-23-24-25-26-27-28-29-30-31-32-33-34-35-36-37-38-39-41-43-45-47-49-53(57)54-51(50-55)52(56)48-46-44-42-40-14-12-10-8-6-4-2/h6,8,14,24-25,40,46,48,51-52,55-56H,3-5,7,9-13,15-23,26-39,41-45,47,49-50H2,1-2H3,(H,54,57)/b8-6+,25-24-,40-14+,48-46+. The molecule has 4 heteroatoms. The molecule has 0 aliphatic rings. The lowest BCUT2D eigenvalue weighted by molar-refractivity contribution is -0.123. The third-order valence-corrected chi connectivity index (χ3v) is 11.5.